The Morgan fingerprint density at radius 3 is 2.32 bits per heavy atom. The third kappa shape index (κ3) is 4.79. The van der Waals surface area contributed by atoms with Crippen LogP contribution in [0.2, 0.25) is 0 Å². The minimum Gasteiger partial charge on any atom is -0.497 e. The smallest absolute Gasteiger partial charge is 0.227 e. The number of amides is 1. The monoisotopic (exact) mass is 345 g/mol. The maximum atomic E-state index is 13.0. The summed E-state index contributed by atoms with van der Waals surface area (Å²) in [7, 11) is 1.59. The van der Waals surface area contributed by atoms with Crippen molar-refractivity contribution >= 4 is 5.91 Å². The van der Waals surface area contributed by atoms with Gasteiger partial charge in [-0.1, -0.05) is 31.2 Å². The predicted octanol–water partition coefficient (Wildman–Crippen LogP) is 3.35. The summed E-state index contributed by atoms with van der Waals surface area (Å²) in [5.41, 5.74) is 0.163. The molecule has 25 heavy (non-hydrogen) atoms. The van der Waals surface area contributed by atoms with Gasteiger partial charge in [-0.3, -0.25) is 4.79 Å². The molecule has 2 aromatic carbocycles. The van der Waals surface area contributed by atoms with E-state index in [9.17, 15) is 14.3 Å². The molecular formula is C20H24FNO3. The second-order valence-corrected chi connectivity index (χ2v) is 6.23. The molecule has 1 amide bonds. The molecule has 2 aromatic rings. The largest absolute Gasteiger partial charge is 0.497 e. The Morgan fingerprint density at radius 1 is 1.20 bits per heavy atom. The highest BCUT2D eigenvalue weighted by Gasteiger charge is 2.26. The molecule has 2 atom stereocenters. The fourth-order valence-corrected chi connectivity index (χ4v) is 2.70. The van der Waals surface area contributed by atoms with Crippen molar-refractivity contribution < 1.29 is 19.0 Å². The molecule has 0 saturated carbocycles. The highest BCUT2D eigenvalue weighted by atomic mass is 19.1. The zero-order chi connectivity index (χ0) is 18.4. The van der Waals surface area contributed by atoms with Crippen LogP contribution in [-0.2, 0) is 10.4 Å². The van der Waals surface area contributed by atoms with Crippen molar-refractivity contribution in [2.45, 2.75) is 31.8 Å². The lowest BCUT2D eigenvalue weighted by Crippen LogP contribution is -2.40. The lowest BCUT2D eigenvalue weighted by Gasteiger charge is -2.25. The van der Waals surface area contributed by atoms with E-state index in [2.05, 4.69) is 5.32 Å². The summed E-state index contributed by atoms with van der Waals surface area (Å²) in [5, 5.41) is 13.4. The second kappa shape index (κ2) is 8.12. The Hall–Kier alpha value is -2.40. The van der Waals surface area contributed by atoms with Gasteiger partial charge in [-0.2, -0.15) is 0 Å². The topological polar surface area (TPSA) is 58.6 Å². The Labute approximate surface area is 147 Å². The first-order valence-corrected chi connectivity index (χ1v) is 8.27. The summed E-state index contributed by atoms with van der Waals surface area (Å²) in [6.45, 7) is 3.57. The van der Waals surface area contributed by atoms with Crippen LogP contribution in [0.4, 0.5) is 4.39 Å². The van der Waals surface area contributed by atoms with Crippen molar-refractivity contribution in [1.29, 1.82) is 0 Å². The van der Waals surface area contributed by atoms with Gasteiger partial charge in [-0.05, 0) is 48.7 Å². The molecule has 134 valence electrons. The second-order valence-electron chi connectivity index (χ2n) is 6.23. The van der Waals surface area contributed by atoms with E-state index in [0.717, 1.165) is 11.3 Å². The van der Waals surface area contributed by atoms with Crippen LogP contribution in [0.25, 0.3) is 0 Å². The van der Waals surface area contributed by atoms with Crippen LogP contribution in [0, 0.1) is 5.82 Å². The van der Waals surface area contributed by atoms with E-state index >= 15 is 0 Å². The lowest BCUT2D eigenvalue weighted by atomic mass is 9.93. The number of rotatable bonds is 7. The quantitative estimate of drug-likeness (QED) is 0.809. The number of hydrogen-bond donors (Lipinski definition) is 2. The van der Waals surface area contributed by atoms with E-state index in [1.165, 1.54) is 24.3 Å². The van der Waals surface area contributed by atoms with Crippen molar-refractivity contribution in [2.24, 2.45) is 0 Å². The zero-order valence-electron chi connectivity index (χ0n) is 14.8. The molecule has 0 aliphatic heterocycles. The van der Waals surface area contributed by atoms with Crippen molar-refractivity contribution in [3.05, 3.63) is 65.5 Å². The zero-order valence-corrected chi connectivity index (χ0v) is 14.8. The summed E-state index contributed by atoms with van der Waals surface area (Å²) in [6.07, 6.45) is 0.636. The number of carbonyl (C=O) groups excluding carboxylic acids is 1. The molecular weight excluding hydrogens is 321 g/mol. The maximum absolute atomic E-state index is 13.0. The summed E-state index contributed by atoms with van der Waals surface area (Å²) in [6, 6.07) is 13.0. The van der Waals surface area contributed by atoms with Crippen LogP contribution >= 0.6 is 0 Å². The van der Waals surface area contributed by atoms with E-state index in [4.69, 9.17) is 4.74 Å². The average Bonchev–Trinajstić information content (AvgIpc) is 2.61. The molecule has 0 radical (unpaired) electrons. The van der Waals surface area contributed by atoms with E-state index < -0.39 is 5.60 Å². The normalized spacial score (nSPS) is 14.4. The van der Waals surface area contributed by atoms with Crippen LogP contribution in [0.1, 0.15) is 37.3 Å². The third-order valence-corrected chi connectivity index (χ3v) is 4.32. The van der Waals surface area contributed by atoms with Gasteiger partial charge in [0, 0.05) is 0 Å². The van der Waals surface area contributed by atoms with Crippen molar-refractivity contribution in [3.63, 3.8) is 0 Å². The molecule has 0 aromatic heterocycles. The Kier molecular flexibility index (Phi) is 6.15. The third-order valence-electron chi connectivity index (χ3n) is 4.32. The highest BCUT2D eigenvalue weighted by molar-refractivity contribution is 5.83. The van der Waals surface area contributed by atoms with Gasteiger partial charge >= 0.3 is 0 Å². The van der Waals surface area contributed by atoms with Gasteiger partial charge in [0.15, 0.2) is 0 Å². The first-order chi connectivity index (χ1) is 11.9. The molecule has 0 bridgehead atoms. The predicted molar refractivity (Wildman–Crippen MR) is 95.0 cm³/mol. The minimum absolute atomic E-state index is 0.0458. The molecule has 0 fully saturated rings. The van der Waals surface area contributed by atoms with E-state index in [1.807, 2.05) is 31.2 Å². The Bertz CT molecular complexity index is 696. The SMILES string of the molecule is CCC(C(=O)NCC(C)(O)c1ccc(F)cc1)c1ccc(OC)cc1. The molecule has 5 heteroatoms. The average molecular weight is 345 g/mol. The highest BCUT2D eigenvalue weighted by Crippen LogP contribution is 2.24. The number of halogens is 1. The van der Waals surface area contributed by atoms with E-state index in [1.54, 1.807) is 14.0 Å². The molecule has 0 saturated heterocycles. The number of hydrogen-bond acceptors (Lipinski definition) is 3. The summed E-state index contributed by atoms with van der Waals surface area (Å²) in [5.74, 6) is -0.0997. The Morgan fingerprint density at radius 2 is 1.80 bits per heavy atom. The maximum Gasteiger partial charge on any atom is 0.227 e. The van der Waals surface area contributed by atoms with Gasteiger partial charge in [0.25, 0.3) is 0 Å². The molecule has 2 unspecified atom stereocenters. The van der Waals surface area contributed by atoms with Crippen LogP contribution in [0.5, 0.6) is 5.75 Å². The first kappa shape index (κ1) is 18.9. The first-order valence-electron chi connectivity index (χ1n) is 8.27. The van der Waals surface area contributed by atoms with Gasteiger partial charge < -0.3 is 15.2 Å². The van der Waals surface area contributed by atoms with Crippen LogP contribution in [0.3, 0.4) is 0 Å². The number of nitrogens with one attached hydrogen (secondary N) is 1. The van der Waals surface area contributed by atoms with E-state index in [0.29, 0.717) is 12.0 Å². The van der Waals surface area contributed by atoms with Gasteiger partial charge in [-0.25, -0.2) is 4.39 Å². The number of aliphatic hydroxyl groups is 1. The number of ether oxygens (including phenoxy) is 1. The standard InChI is InChI=1S/C20H24FNO3/c1-4-18(14-5-11-17(25-3)12-6-14)19(23)22-13-20(2,24)15-7-9-16(21)10-8-15/h5-12,18,24H,4,13H2,1-3H3,(H,22,23). The molecule has 2 rings (SSSR count). The molecule has 2 N–H and O–H groups in total. The summed E-state index contributed by atoms with van der Waals surface area (Å²) >= 11 is 0. The molecule has 0 aliphatic rings. The van der Waals surface area contributed by atoms with Crippen molar-refractivity contribution in [1.82, 2.24) is 5.32 Å². The summed E-state index contributed by atoms with van der Waals surface area (Å²) in [4.78, 5) is 12.5. The van der Waals surface area contributed by atoms with Gasteiger partial charge in [0.05, 0.1) is 19.6 Å². The van der Waals surface area contributed by atoms with Gasteiger partial charge in [-0.15, -0.1) is 0 Å². The van der Waals surface area contributed by atoms with Gasteiger partial charge in [0.2, 0.25) is 5.91 Å². The Balaban J connectivity index is 2.04. The number of benzene rings is 2. The minimum atomic E-state index is -1.28. The molecule has 0 heterocycles. The molecule has 4 nitrogen and oxygen atoms in total. The van der Waals surface area contributed by atoms with Crippen LogP contribution < -0.4 is 10.1 Å². The van der Waals surface area contributed by atoms with Gasteiger partial charge in [0.1, 0.15) is 17.2 Å². The fraction of sp³-hybridized carbons (Fsp3) is 0.350. The van der Waals surface area contributed by atoms with Crippen molar-refractivity contribution in [3.8, 4) is 5.75 Å². The number of methoxy groups -OCH3 is 1. The van der Waals surface area contributed by atoms with Crippen LogP contribution in [-0.4, -0.2) is 24.7 Å². The van der Waals surface area contributed by atoms with Crippen molar-refractivity contribution in [2.75, 3.05) is 13.7 Å². The molecule has 0 spiro atoms. The summed E-state index contributed by atoms with van der Waals surface area (Å²) < 4.78 is 18.2. The number of carbonyl (C=O) groups is 1. The fourth-order valence-electron chi connectivity index (χ4n) is 2.70. The lowest BCUT2D eigenvalue weighted by molar-refractivity contribution is -0.123. The van der Waals surface area contributed by atoms with E-state index in [-0.39, 0.29) is 24.2 Å². The molecule has 0 aliphatic carbocycles. The van der Waals surface area contributed by atoms with Crippen LogP contribution in [0.15, 0.2) is 48.5 Å².